The molecule has 0 saturated heterocycles. The zero-order valence-electron chi connectivity index (χ0n) is 6.42. The fourth-order valence-electron chi connectivity index (χ4n) is 0.954. The predicted molar refractivity (Wildman–Crippen MR) is 50.2 cm³/mol. The van der Waals surface area contributed by atoms with Crippen LogP contribution in [0, 0.1) is 0 Å². The normalized spacial score (nSPS) is 10.2. The Balaban J connectivity index is 3.08. The lowest BCUT2D eigenvalue weighted by Gasteiger charge is -2.05. The van der Waals surface area contributed by atoms with Crippen molar-refractivity contribution in [3.05, 3.63) is 22.2 Å². The summed E-state index contributed by atoms with van der Waals surface area (Å²) in [6.45, 7) is 0.453. The SMILES string of the molecule is NCCc1ccc(Br)c(O)c1O. The minimum atomic E-state index is -0.124. The largest absolute Gasteiger partial charge is 0.504 e. The van der Waals surface area contributed by atoms with Crippen molar-refractivity contribution >= 4 is 15.9 Å². The van der Waals surface area contributed by atoms with Gasteiger partial charge in [0.05, 0.1) is 4.47 Å². The summed E-state index contributed by atoms with van der Waals surface area (Å²) in [6, 6.07) is 3.41. The predicted octanol–water partition coefficient (Wildman–Crippen LogP) is 1.36. The molecular formula is C8H10BrNO2. The molecule has 1 aromatic rings. The van der Waals surface area contributed by atoms with Gasteiger partial charge in [-0.15, -0.1) is 0 Å². The second kappa shape index (κ2) is 3.78. The molecule has 1 aromatic carbocycles. The molecule has 0 bridgehead atoms. The van der Waals surface area contributed by atoms with Gasteiger partial charge in [0, 0.05) is 0 Å². The third-order valence-corrected chi connectivity index (χ3v) is 2.24. The van der Waals surface area contributed by atoms with Crippen molar-refractivity contribution in [2.24, 2.45) is 5.73 Å². The van der Waals surface area contributed by atoms with Gasteiger partial charge in [-0.3, -0.25) is 0 Å². The van der Waals surface area contributed by atoms with Crippen LogP contribution in [0.1, 0.15) is 5.56 Å². The Hall–Kier alpha value is -0.740. The van der Waals surface area contributed by atoms with E-state index in [0.717, 1.165) is 0 Å². The summed E-state index contributed by atoms with van der Waals surface area (Å²) < 4.78 is 0.487. The van der Waals surface area contributed by atoms with Gasteiger partial charge >= 0.3 is 0 Å². The van der Waals surface area contributed by atoms with Crippen molar-refractivity contribution in [1.82, 2.24) is 0 Å². The van der Waals surface area contributed by atoms with E-state index in [2.05, 4.69) is 15.9 Å². The van der Waals surface area contributed by atoms with Gasteiger partial charge in [0.15, 0.2) is 11.5 Å². The van der Waals surface area contributed by atoms with E-state index in [1.54, 1.807) is 12.1 Å². The fourth-order valence-corrected chi connectivity index (χ4v) is 1.27. The van der Waals surface area contributed by atoms with Gasteiger partial charge in [-0.2, -0.15) is 0 Å². The van der Waals surface area contributed by atoms with Crippen LogP contribution in [0.3, 0.4) is 0 Å². The molecule has 4 N–H and O–H groups in total. The first-order chi connectivity index (χ1) is 5.66. The first kappa shape index (κ1) is 9.35. The monoisotopic (exact) mass is 231 g/mol. The van der Waals surface area contributed by atoms with E-state index in [0.29, 0.717) is 23.0 Å². The Labute approximate surface area is 79.0 Å². The zero-order valence-corrected chi connectivity index (χ0v) is 8.00. The van der Waals surface area contributed by atoms with Crippen LogP contribution in [0.15, 0.2) is 16.6 Å². The molecule has 0 unspecified atom stereocenters. The highest BCUT2D eigenvalue weighted by Gasteiger charge is 2.08. The zero-order chi connectivity index (χ0) is 9.14. The second-order valence-electron chi connectivity index (χ2n) is 2.44. The van der Waals surface area contributed by atoms with Crippen LogP contribution in [0.25, 0.3) is 0 Å². The maximum absolute atomic E-state index is 9.37. The maximum Gasteiger partial charge on any atom is 0.172 e. The van der Waals surface area contributed by atoms with Crippen molar-refractivity contribution in [3.63, 3.8) is 0 Å². The third-order valence-electron chi connectivity index (χ3n) is 1.60. The molecule has 1 rings (SSSR count). The minimum absolute atomic E-state index is 0.0881. The number of phenolic OH excluding ortho intramolecular Hbond substituents is 2. The molecule has 0 fully saturated rings. The maximum atomic E-state index is 9.37. The van der Waals surface area contributed by atoms with E-state index in [1.165, 1.54) is 0 Å². The van der Waals surface area contributed by atoms with Crippen LogP contribution in [-0.4, -0.2) is 16.8 Å². The molecule has 12 heavy (non-hydrogen) atoms. The molecule has 0 aromatic heterocycles. The molecule has 0 atom stereocenters. The summed E-state index contributed by atoms with van der Waals surface area (Å²) in [7, 11) is 0. The molecule has 3 nitrogen and oxygen atoms in total. The number of aromatic hydroxyl groups is 2. The molecule has 0 spiro atoms. The summed E-state index contributed by atoms with van der Waals surface area (Å²) in [6.07, 6.45) is 0.562. The second-order valence-corrected chi connectivity index (χ2v) is 3.30. The summed E-state index contributed by atoms with van der Waals surface area (Å²) >= 11 is 3.09. The van der Waals surface area contributed by atoms with Gasteiger partial charge in [-0.1, -0.05) is 6.07 Å². The minimum Gasteiger partial charge on any atom is -0.504 e. The van der Waals surface area contributed by atoms with E-state index in [-0.39, 0.29) is 11.5 Å². The Morgan fingerprint density at radius 1 is 1.25 bits per heavy atom. The van der Waals surface area contributed by atoms with Crippen molar-refractivity contribution < 1.29 is 10.2 Å². The average molecular weight is 232 g/mol. The number of hydrogen-bond acceptors (Lipinski definition) is 3. The van der Waals surface area contributed by atoms with Crippen molar-refractivity contribution in [2.45, 2.75) is 6.42 Å². The quantitative estimate of drug-likeness (QED) is 0.674. The van der Waals surface area contributed by atoms with E-state index in [9.17, 15) is 10.2 Å². The molecule has 0 aliphatic carbocycles. The van der Waals surface area contributed by atoms with Gasteiger partial charge in [0.1, 0.15) is 0 Å². The first-order valence-electron chi connectivity index (χ1n) is 3.56. The number of rotatable bonds is 2. The smallest absolute Gasteiger partial charge is 0.172 e. The lowest BCUT2D eigenvalue weighted by Crippen LogP contribution is -2.02. The van der Waals surface area contributed by atoms with E-state index in [1.807, 2.05) is 0 Å². The van der Waals surface area contributed by atoms with Crippen LogP contribution in [0.2, 0.25) is 0 Å². The summed E-state index contributed by atoms with van der Waals surface area (Å²) in [4.78, 5) is 0. The Kier molecular flexibility index (Phi) is 2.94. The number of phenols is 2. The lowest BCUT2D eigenvalue weighted by molar-refractivity contribution is 0.397. The van der Waals surface area contributed by atoms with Gasteiger partial charge in [-0.25, -0.2) is 0 Å². The number of benzene rings is 1. The lowest BCUT2D eigenvalue weighted by atomic mass is 10.1. The van der Waals surface area contributed by atoms with Crippen LogP contribution in [0.5, 0.6) is 11.5 Å². The Morgan fingerprint density at radius 3 is 2.50 bits per heavy atom. The van der Waals surface area contributed by atoms with Crippen molar-refractivity contribution in [1.29, 1.82) is 0 Å². The van der Waals surface area contributed by atoms with Crippen LogP contribution in [-0.2, 0) is 6.42 Å². The molecule has 0 heterocycles. The van der Waals surface area contributed by atoms with Gasteiger partial charge in [0.25, 0.3) is 0 Å². The van der Waals surface area contributed by atoms with Gasteiger partial charge < -0.3 is 15.9 Å². The number of hydrogen-bond donors (Lipinski definition) is 3. The molecule has 0 saturated carbocycles. The Morgan fingerprint density at radius 2 is 1.92 bits per heavy atom. The number of halogens is 1. The number of nitrogens with two attached hydrogens (primary N) is 1. The molecule has 0 aliphatic heterocycles. The average Bonchev–Trinajstić information content (AvgIpc) is 2.07. The third kappa shape index (κ3) is 1.70. The van der Waals surface area contributed by atoms with E-state index < -0.39 is 0 Å². The van der Waals surface area contributed by atoms with Crippen molar-refractivity contribution in [2.75, 3.05) is 6.54 Å². The highest BCUT2D eigenvalue weighted by molar-refractivity contribution is 9.10. The van der Waals surface area contributed by atoms with Crippen LogP contribution < -0.4 is 5.73 Å². The van der Waals surface area contributed by atoms with Gasteiger partial charge in [-0.05, 0) is 40.5 Å². The molecule has 4 heteroatoms. The molecule has 0 amide bonds. The highest BCUT2D eigenvalue weighted by Crippen LogP contribution is 2.35. The molecule has 66 valence electrons. The molecule has 0 radical (unpaired) electrons. The Bertz CT molecular complexity index is 289. The summed E-state index contributed by atoms with van der Waals surface area (Å²) in [5, 5.41) is 18.7. The fraction of sp³-hybridized carbons (Fsp3) is 0.250. The standard InChI is InChI=1S/C8H10BrNO2/c9-6-2-1-5(3-4-10)7(11)8(6)12/h1-2,11-12H,3-4,10H2. The summed E-state index contributed by atoms with van der Waals surface area (Å²) in [5.41, 5.74) is 5.98. The highest BCUT2D eigenvalue weighted by atomic mass is 79.9. The van der Waals surface area contributed by atoms with Crippen LogP contribution in [0.4, 0.5) is 0 Å². The first-order valence-corrected chi connectivity index (χ1v) is 4.35. The topological polar surface area (TPSA) is 66.5 Å². The van der Waals surface area contributed by atoms with Gasteiger partial charge in [0.2, 0.25) is 0 Å². The van der Waals surface area contributed by atoms with Crippen molar-refractivity contribution in [3.8, 4) is 11.5 Å². The van der Waals surface area contributed by atoms with Crippen LogP contribution >= 0.6 is 15.9 Å². The van der Waals surface area contributed by atoms with E-state index in [4.69, 9.17) is 5.73 Å². The molecule has 0 aliphatic rings. The molecular weight excluding hydrogens is 222 g/mol. The van der Waals surface area contributed by atoms with E-state index >= 15 is 0 Å². The summed E-state index contributed by atoms with van der Waals surface area (Å²) in [5.74, 6) is -0.212.